The highest BCUT2D eigenvalue weighted by Crippen LogP contribution is 2.17. The summed E-state index contributed by atoms with van der Waals surface area (Å²) < 4.78 is 5.63. The quantitative estimate of drug-likeness (QED) is 0.888. The molecule has 4 heteroatoms. The van der Waals surface area contributed by atoms with Crippen molar-refractivity contribution in [1.82, 2.24) is 10.2 Å². The van der Waals surface area contributed by atoms with Crippen molar-refractivity contribution in [2.75, 3.05) is 13.1 Å². The van der Waals surface area contributed by atoms with Crippen LogP contribution in [0.5, 0.6) is 0 Å². The van der Waals surface area contributed by atoms with E-state index >= 15 is 0 Å². The molecule has 0 radical (unpaired) electrons. The third-order valence-electron chi connectivity index (χ3n) is 4.65. The van der Waals surface area contributed by atoms with Crippen molar-refractivity contribution in [3.05, 3.63) is 71.8 Å². The molecule has 1 heterocycles. The highest BCUT2D eigenvalue weighted by molar-refractivity contribution is 5.68. The average Bonchev–Trinajstić information content (AvgIpc) is 2.62. The maximum Gasteiger partial charge on any atom is 0.410 e. The molecule has 144 valence electrons. The fraction of sp³-hybridized carbons (Fsp3) is 0.435. The van der Waals surface area contributed by atoms with Crippen LogP contribution in [0.2, 0.25) is 0 Å². The highest BCUT2D eigenvalue weighted by atomic mass is 16.6. The van der Waals surface area contributed by atoms with Gasteiger partial charge in [0.25, 0.3) is 0 Å². The monoisotopic (exact) mass is 366 g/mol. The molecule has 2 unspecified atom stereocenters. The summed E-state index contributed by atoms with van der Waals surface area (Å²) in [7, 11) is 0. The largest absolute Gasteiger partial charge is 0.444 e. The van der Waals surface area contributed by atoms with Crippen LogP contribution in [0, 0.1) is 0 Å². The third-order valence-corrected chi connectivity index (χ3v) is 4.65. The molecule has 3 rings (SSSR count). The molecule has 2 atom stereocenters. The Labute approximate surface area is 162 Å². The zero-order chi connectivity index (χ0) is 19.3. The van der Waals surface area contributed by atoms with Crippen molar-refractivity contribution in [2.24, 2.45) is 0 Å². The fourth-order valence-electron chi connectivity index (χ4n) is 3.57. The van der Waals surface area contributed by atoms with Gasteiger partial charge in [-0.05, 0) is 44.7 Å². The number of carbonyl (C=O) groups excluding carboxylic acids is 1. The van der Waals surface area contributed by atoms with E-state index in [1.807, 2.05) is 37.8 Å². The Hall–Kier alpha value is -2.33. The summed E-state index contributed by atoms with van der Waals surface area (Å²) in [6, 6.07) is 21.3. The number of nitrogens with one attached hydrogen (secondary N) is 1. The van der Waals surface area contributed by atoms with Crippen LogP contribution in [0.4, 0.5) is 4.79 Å². The highest BCUT2D eigenvalue weighted by Gasteiger charge is 2.32. The maximum atomic E-state index is 12.7. The van der Waals surface area contributed by atoms with E-state index < -0.39 is 5.60 Å². The molecule has 0 saturated carbocycles. The van der Waals surface area contributed by atoms with Gasteiger partial charge in [-0.3, -0.25) is 0 Å². The molecule has 1 N–H and O–H groups in total. The van der Waals surface area contributed by atoms with E-state index in [1.165, 1.54) is 11.1 Å². The van der Waals surface area contributed by atoms with Crippen molar-refractivity contribution < 1.29 is 9.53 Å². The summed E-state index contributed by atoms with van der Waals surface area (Å²) in [5, 5.41) is 3.75. The van der Waals surface area contributed by atoms with Crippen LogP contribution in [0.25, 0.3) is 0 Å². The number of nitrogens with zero attached hydrogens (tertiary/aromatic N) is 1. The van der Waals surface area contributed by atoms with Crippen molar-refractivity contribution in [3.8, 4) is 0 Å². The standard InChI is InChI=1S/C23H30N2O2/c1-23(2,3)27-22(26)25-16-20(14-18-10-6-4-7-11-18)24-21(17-25)15-19-12-8-5-9-13-19/h4-13,20-21,24H,14-17H2,1-3H3. The van der Waals surface area contributed by atoms with Crippen LogP contribution in [-0.2, 0) is 17.6 Å². The van der Waals surface area contributed by atoms with E-state index in [0.29, 0.717) is 13.1 Å². The van der Waals surface area contributed by atoms with Gasteiger partial charge in [0.05, 0.1) is 0 Å². The lowest BCUT2D eigenvalue weighted by Gasteiger charge is -2.39. The van der Waals surface area contributed by atoms with E-state index in [0.717, 1.165) is 12.8 Å². The molecule has 1 aliphatic rings. The Morgan fingerprint density at radius 2 is 1.37 bits per heavy atom. The topological polar surface area (TPSA) is 41.6 Å². The Bertz CT molecular complexity index is 676. The van der Waals surface area contributed by atoms with Gasteiger partial charge in [-0.25, -0.2) is 4.79 Å². The van der Waals surface area contributed by atoms with Crippen LogP contribution in [0.3, 0.4) is 0 Å². The van der Waals surface area contributed by atoms with Crippen LogP contribution in [0.1, 0.15) is 31.9 Å². The smallest absolute Gasteiger partial charge is 0.410 e. The molecule has 1 amide bonds. The molecule has 1 fully saturated rings. The summed E-state index contributed by atoms with van der Waals surface area (Å²) in [6.07, 6.45) is 1.57. The lowest BCUT2D eigenvalue weighted by molar-refractivity contribution is 0.0152. The molecule has 4 nitrogen and oxygen atoms in total. The molecule has 0 bridgehead atoms. The van der Waals surface area contributed by atoms with E-state index in [9.17, 15) is 4.79 Å². The molecule has 1 aliphatic heterocycles. The lowest BCUT2D eigenvalue weighted by Crippen LogP contribution is -2.59. The zero-order valence-electron chi connectivity index (χ0n) is 16.5. The van der Waals surface area contributed by atoms with Crippen molar-refractivity contribution in [3.63, 3.8) is 0 Å². The zero-order valence-corrected chi connectivity index (χ0v) is 16.5. The first kappa shape index (κ1) is 19.4. The second-order valence-corrected chi connectivity index (χ2v) is 8.33. The van der Waals surface area contributed by atoms with Crippen molar-refractivity contribution in [1.29, 1.82) is 0 Å². The second kappa shape index (κ2) is 8.57. The molecule has 0 aliphatic carbocycles. The minimum atomic E-state index is -0.480. The molecule has 0 spiro atoms. The molecule has 0 aromatic heterocycles. The number of rotatable bonds is 4. The SMILES string of the molecule is CC(C)(C)OC(=O)N1CC(Cc2ccccc2)NC(Cc2ccccc2)C1. The molecule has 2 aromatic rings. The summed E-state index contributed by atoms with van der Waals surface area (Å²) in [5.41, 5.74) is 2.07. The summed E-state index contributed by atoms with van der Waals surface area (Å²) in [6.45, 7) is 7.06. The third kappa shape index (κ3) is 6.10. The first-order chi connectivity index (χ1) is 12.9. The normalized spacial score (nSPS) is 20.3. The van der Waals surface area contributed by atoms with Gasteiger partial charge in [0.2, 0.25) is 0 Å². The summed E-state index contributed by atoms with van der Waals surface area (Å²) in [5.74, 6) is 0. The van der Waals surface area contributed by atoms with Gasteiger partial charge >= 0.3 is 6.09 Å². The van der Waals surface area contributed by atoms with Crippen LogP contribution in [0.15, 0.2) is 60.7 Å². The van der Waals surface area contributed by atoms with Gasteiger partial charge in [0.15, 0.2) is 0 Å². The van der Waals surface area contributed by atoms with Crippen molar-refractivity contribution in [2.45, 2.75) is 51.3 Å². The van der Waals surface area contributed by atoms with Gasteiger partial charge in [0, 0.05) is 25.2 Å². The van der Waals surface area contributed by atoms with Crippen molar-refractivity contribution >= 4 is 6.09 Å². The first-order valence-corrected chi connectivity index (χ1v) is 9.71. The second-order valence-electron chi connectivity index (χ2n) is 8.33. The van der Waals surface area contributed by atoms with Gasteiger partial charge in [0.1, 0.15) is 5.60 Å². The number of hydrogen-bond donors (Lipinski definition) is 1. The van der Waals surface area contributed by atoms with Crippen LogP contribution in [-0.4, -0.2) is 41.8 Å². The number of carbonyl (C=O) groups is 1. The van der Waals surface area contributed by atoms with Gasteiger partial charge < -0.3 is 15.0 Å². The molecular weight excluding hydrogens is 336 g/mol. The number of hydrogen-bond acceptors (Lipinski definition) is 3. The maximum absolute atomic E-state index is 12.7. The predicted molar refractivity (Wildman–Crippen MR) is 109 cm³/mol. The lowest BCUT2D eigenvalue weighted by atomic mass is 9.98. The summed E-state index contributed by atoms with van der Waals surface area (Å²) in [4.78, 5) is 14.5. The van der Waals surface area contributed by atoms with E-state index in [-0.39, 0.29) is 18.2 Å². The number of amides is 1. The number of piperazine rings is 1. The average molecular weight is 367 g/mol. The number of benzene rings is 2. The van der Waals surface area contributed by atoms with E-state index in [2.05, 4.69) is 53.8 Å². The van der Waals surface area contributed by atoms with Gasteiger partial charge in [-0.15, -0.1) is 0 Å². The minimum absolute atomic E-state index is 0.211. The van der Waals surface area contributed by atoms with E-state index in [4.69, 9.17) is 4.74 Å². The number of ether oxygens (including phenoxy) is 1. The van der Waals surface area contributed by atoms with E-state index in [1.54, 1.807) is 0 Å². The molecule has 2 aromatic carbocycles. The Morgan fingerprint density at radius 1 is 0.926 bits per heavy atom. The Morgan fingerprint density at radius 3 is 1.78 bits per heavy atom. The van der Waals surface area contributed by atoms with Gasteiger partial charge in [-0.1, -0.05) is 60.7 Å². The van der Waals surface area contributed by atoms with Crippen LogP contribution < -0.4 is 5.32 Å². The van der Waals surface area contributed by atoms with Gasteiger partial charge in [-0.2, -0.15) is 0 Å². The molecule has 27 heavy (non-hydrogen) atoms. The molecular formula is C23H30N2O2. The Kier molecular flexibility index (Phi) is 6.17. The molecule has 1 saturated heterocycles. The fourth-order valence-corrected chi connectivity index (χ4v) is 3.57. The first-order valence-electron chi connectivity index (χ1n) is 9.71. The Balaban J connectivity index is 1.72. The predicted octanol–water partition coefficient (Wildman–Crippen LogP) is 4.05. The summed E-state index contributed by atoms with van der Waals surface area (Å²) >= 11 is 0. The minimum Gasteiger partial charge on any atom is -0.444 e. The van der Waals surface area contributed by atoms with Crippen LogP contribution >= 0.6 is 0 Å².